The van der Waals surface area contributed by atoms with Crippen molar-refractivity contribution in [1.82, 2.24) is 19.9 Å². The Morgan fingerprint density at radius 3 is 2.56 bits per heavy atom. The van der Waals surface area contributed by atoms with Crippen molar-refractivity contribution >= 4 is 56.6 Å². The van der Waals surface area contributed by atoms with Crippen LogP contribution >= 0.6 is 23.2 Å². The van der Waals surface area contributed by atoms with E-state index in [1.807, 2.05) is 11.0 Å². The van der Waals surface area contributed by atoms with Crippen molar-refractivity contribution in [2.75, 3.05) is 38.2 Å². The van der Waals surface area contributed by atoms with Gasteiger partial charge in [0.1, 0.15) is 17.0 Å². The zero-order valence-electron chi connectivity index (χ0n) is 19.1. The lowest BCUT2D eigenvalue weighted by Crippen LogP contribution is -2.49. The number of halogens is 4. The Bertz CT molecular complexity index is 1540. The van der Waals surface area contributed by atoms with E-state index in [-0.39, 0.29) is 30.3 Å². The van der Waals surface area contributed by atoms with Crippen LogP contribution in [0.1, 0.15) is 0 Å². The summed E-state index contributed by atoms with van der Waals surface area (Å²) in [6.07, 6.45) is 1.50. The Morgan fingerprint density at radius 2 is 1.86 bits per heavy atom. The maximum Gasteiger partial charge on any atom is 0.318 e. The van der Waals surface area contributed by atoms with Crippen molar-refractivity contribution in [2.24, 2.45) is 0 Å². The van der Waals surface area contributed by atoms with Gasteiger partial charge in [0.05, 0.1) is 22.5 Å². The highest BCUT2D eigenvalue weighted by Gasteiger charge is 2.27. The highest BCUT2D eigenvalue weighted by Crippen LogP contribution is 2.39. The molecule has 1 fully saturated rings. The van der Waals surface area contributed by atoms with Crippen LogP contribution in [0.4, 0.5) is 14.6 Å². The first kappa shape index (κ1) is 24.1. The Hall–Kier alpha value is -3.56. The van der Waals surface area contributed by atoms with Gasteiger partial charge in [0.15, 0.2) is 11.6 Å². The Kier molecular flexibility index (Phi) is 6.36. The number of carbonyl (C=O) groups excluding carboxylic acids is 1. The largest absolute Gasteiger partial charge is 0.467 e. The molecule has 7 nitrogen and oxygen atoms in total. The normalized spacial score (nSPS) is 13.9. The molecule has 11 heteroatoms. The number of pyridine rings is 1. The molecule has 3 heterocycles. The van der Waals surface area contributed by atoms with Crippen molar-refractivity contribution in [3.8, 4) is 17.3 Å². The van der Waals surface area contributed by atoms with Gasteiger partial charge in [-0.25, -0.2) is 8.78 Å². The molecular weight excluding hydrogens is 511 g/mol. The highest BCUT2D eigenvalue weighted by molar-refractivity contribution is 6.46. The summed E-state index contributed by atoms with van der Waals surface area (Å²) in [5.41, 5.74) is 0.547. The summed E-state index contributed by atoms with van der Waals surface area (Å²) in [7, 11) is 1.39. The molecule has 0 N–H and O–H groups in total. The molecule has 1 amide bonds. The maximum atomic E-state index is 16.0. The Labute approximate surface area is 214 Å². The molecule has 4 aromatic rings. The highest BCUT2D eigenvalue weighted by atomic mass is 35.5. The number of rotatable bonds is 4. The van der Waals surface area contributed by atoms with Gasteiger partial charge in [-0.1, -0.05) is 54.0 Å². The fourth-order valence-electron chi connectivity index (χ4n) is 4.34. The minimum absolute atomic E-state index is 0.0210. The zero-order valence-corrected chi connectivity index (χ0v) is 20.6. The number of methoxy groups -OCH3 is 1. The topological polar surface area (TPSA) is 71.5 Å². The second kappa shape index (κ2) is 9.48. The summed E-state index contributed by atoms with van der Waals surface area (Å²) in [5, 5.41) is 2.38. The van der Waals surface area contributed by atoms with Crippen LogP contribution in [0.3, 0.4) is 0 Å². The predicted molar refractivity (Wildman–Crippen MR) is 136 cm³/mol. The number of nitrogens with zero attached hydrogens (tertiary/aromatic N) is 5. The van der Waals surface area contributed by atoms with Crippen molar-refractivity contribution in [3.63, 3.8) is 0 Å². The van der Waals surface area contributed by atoms with E-state index in [0.29, 0.717) is 45.3 Å². The van der Waals surface area contributed by atoms with Crippen LogP contribution in [0.15, 0.2) is 48.9 Å². The molecule has 2 aromatic carbocycles. The van der Waals surface area contributed by atoms with E-state index in [4.69, 9.17) is 27.9 Å². The van der Waals surface area contributed by atoms with Crippen LogP contribution < -0.4 is 9.64 Å². The van der Waals surface area contributed by atoms with E-state index in [1.54, 1.807) is 24.3 Å². The van der Waals surface area contributed by atoms with Crippen LogP contribution in [0.2, 0.25) is 10.0 Å². The minimum atomic E-state index is -1.01. The summed E-state index contributed by atoms with van der Waals surface area (Å²) >= 11 is 12.7. The van der Waals surface area contributed by atoms with E-state index in [9.17, 15) is 9.18 Å². The Morgan fingerprint density at radius 1 is 1.11 bits per heavy atom. The fraction of sp³-hybridized carbons (Fsp3) is 0.200. The zero-order chi connectivity index (χ0) is 25.6. The smallest absolute Gasteiger partial charge is 0.318 e. The second-order valence-electron chi connectivity index (χ2n) is 8.17. The van der Waals surface area contributed by atoms with Crippen molar-refractivity contribution in [3.05, 3.63) is 64.8 Å². The van der Waals surface area contributed by atoms with Crippen LogP contribution in [0, 0.1) is 5.82 Å². The molecule has 1 saturated heterocycles. The molecule has 0 aliphatic carbocycles. The first-order valence-corrected chi connectivity index (χ1v) is 11.7. The van der Waals surface area contributed by atoms with E-state index in [0.717, 1.165) is 5.39 Å². The van der Waals surface area contributed by atoms with Gasteiger partial charge in [0.25, 0.3) is 5.91 Å². The number of piperazine rings is 1. The van der Waals surface area contributed by atoms with Crippen molar-refractivity contribution in [2.45, 2.75) is 0 Å². The molecule has 0 bridgehead atoms. The van der Waals surface area contributed by atoms with Crippen molar-refractivity contribution in [1.29, 1.82) is 0 Å². The molecule has 0 spiro atoms. The number of anilines is 1. The lowest BCUT2D eigenvalue weighted by Gasteiger charge is -2.35. The summed E-state index contributed by atoms with van der Waals surface area (Å²) in [6.45, 7) is 4.25. The molecule has 1 aliphatic rings. The van der Waals surface area contributed by atoms with E-state index < -0.39 is 17.6 Å². The predicted octanol–water partition coefficient (Wildman–Crippen LogP) is 5.43. The van der Waals surface area contributed by atoms with Crippen LogP contribution in [0.5, 0.6) is 6.01 Å². The van der Waals surface area contributed by atoms with E-state index in [1.165, 1.54) is 18.2 Å². The number of fused-ring (bicyclic) bond motifs is 2. The number of ether oxygens (including phenoxy) is 1. The van der Waals surface area contributed by atoms with E-state index in [2.05, 4.69) is 21.5 Å². The third-order valence-corrected chi connectivity index (χ3v) is 6.92. The molecule has 5 rings (SSSR count). The van der Waals surface area contributed by atoms with Gasteiger partial charge >= 0.3 is 6.01 Å². The maximum absolute atomic E-state index is 16.0. The van der Waals surface area contributed by atoms with Gasteiger partial charge in [-0.15, -0.1) is 0 Å². The van der Waals surface area contributed by atoms with Crippen molar-refractivity contribution < 1.29 is 18.3 Å². The monoisotopic (exact) mass is 529 g/mol. The number of amides is 1. The van der Waals surface area contributed by atoms with Gasteiger partial charge in [-0.3, -0.25) is 9.78 Å². The molecule has 0 saturated carbocycles. The standard InChI is InChI=1S/C25H19Cl2F2N5O2/c1-13(28)24(35)34-10-8-33(9-11-34)23-16-12-30-21(20(29)22(16)31-25(32-23)36-2)15-5-3-4-14-6-7-17(26)19(27)18(14)15/h3-7,12H,1,8-11H2,2H3. The van der Waals surface area contributed by atoms with Gasteiger partial charge in [-0.2, -0.15) is 9.97 Å². The van der Waals surface area contributed by atoms with Gasteiger partial charge in [0, 0.05) is 43.3 Å². The number of hydrogen-bond donors (Lipinski definition) is 0. The first-order valence-electron chi connectivity index (χ1n) is 11.0. The molecule has 36 heavy (non-hydrogen) atoms. The number of hydrogen-bond acceptors (Lipinski definition) is 6. The fourth-order valence-corrected chi connectivity index (χ4v) is 4.77. The lowest BCUT2D eigenvalue weighted by atomic mass is 10.0. The molecule has 0 unspecified atom stereocenters. The first-order chi connectivity index (χ1) is 17.3. The molecule has 2 aromatic heterocycles. The molecule has 0 atom stereocenters. The lowest BCUT2D eigenvalue weighted by molar-refractivity contribution is -0.128. The van der Waals surface area contributed by atoms with Crippen LogP contribution in [-0.2, 0) is 4.79 Å². The second-order valence-corrected chi connectivity index (χ2v) is 8.95. The Balaban J connectivity index is 1.62. The molecule has 184 valence electrons. The molecule has 0 radical (unpaired) electrons. The van der Waals surface area contributed by atoms with Crippen LogP contribution in [-0.4, -0.2) is 59.0 Å². The summed E-state index contributed by atoms with van der Waals surface area (Å²) < 4.78 is 34.5. The third-order valence-electron chi connectivity index (χ3n) is 6.11. The number of carbonyl (C=O) groups is 1. The average Bonchev–Trinajstić information content (AvgIpc) is 2.90. The summed E-state index contributed by atoms with van der Waals surface area (Å²) in [6, 6.07) is 8.82. The third kappa shape index (κ3) is 4.08. The quantitative estimate of drug-likeness (QED) is 0.328. The average molecular weight is 530 g/mol. The van der Waals surface area contributed by atoms with Gasteiger partial charge in [-0.05, 0) is 11.5 Å². The number of aromatic nitrogens is 3. The van der Waals surface area contributed by atoms with E-state index >= 15 is 4.39 Å². The van der Waals surface area contributed by atoms with Crippen LogP contribution in [0.25, 0.3) is 32.9 Å². The molecular formula is C25H19Cl2F2N5O2. The van der Waals surface area contributed by atoms with Gasteiger partial charge in [0.2, 0.25) is 0 Å². The molecule has 1 aliphatic heterocycles. The summed E-state index contributed by atoms with van der Waals surface area (Å²) in [4.78, 5) is 28.2. The SMILES string of the molecule is C=C(F)C(=O)N1CCN(c2nc(OC)nc3c(F)c(-c4cccc5ccc(Cl)c(Cl)c45)ncc23)CC1. The summed E-state index contributed by atoms with van der Waals surface area (Å²) in [5.74, 6) is -2.02. The number of benzene rings is 2. The van der Waals surface area contributed by atoms with Gasteiger partial charge < -0.3 is 14.5 Å². The minimum Gasteiger partial charge on any atom is -0.467 e.